The summed E-state index contributed by atoms with van der Waals surface area (Å²) in [5.41, 5.74) is 4.02. The molecule has 9 rings (SSSR count). The smallest absolute Gasteiger partial charge is 0.240 e. The molecule has 0 bridgehead atoms. The number of aromatic nitrogens is 6. The van der Waals surface area contributed by atoms with Crippen LogP contribution in [0.1, 0.15) is 0 Å². The Balaban J connectivity index is 1.32. The van der Waals surface area contributed by atoms with Crippen LogP contribution < -0.4 is 0 Å². The number of nitrogens with zero attached hydrogens (tertiary/aromatic N) is 6. The summed E-state index contributed by atoms with van der Waals surface area (Å²) in [5, 5.41) is 4.98. The van der Waals surface area contributed by atoms with E-state index in [1.54, 1.807) is 0 Å². The molecule has 5 aromatic carbocycles. The Morgan fingerprint density at radius 1 is 0.535 bits per heavy atom. The van der Waals surface area contributed by atoms with Gasteiger partial charge in [-0.15, -0.1) is 11.3 Å². The number of fused-ring (bicyclic) bond motifs is 7. The molecule has 0 aliphatic carbocycles. The number of para-hydroxylation sites is 1. The molecule has 0 fully saturated rings. The van der Waals surface area contributed by atoms with Crippen LogP contribution >= 0.6 is 11.3 Å². The highest BCUT2D eigenvalue weighted by Crippen LogP contribution is 2.43. The maximum Gasteiger partial charge on any atom is 0.240 e. The summed E-state index contributed by atoms with van der Waals surface area (Å²) >= 11 is 1.84. The summed E-state index contributed by atoms with van der Waals surface area (Å²) < 4.78 is 6.75. The Labute approximate surface area is 250 Å². The molecule has 4 aromatic heterocycles. The van der Waals surface area contributed by atoms with Gasteiger partial charge in [0.1, 0.15) is 0 Å². The molecule has 0 radical (unpaired) electrons. The van der Waals surface area contributed by atoms with Gasteiger partial charge in [0.25, 0.3) is 0 Å². The van der Waals surface area contributed by atoms with E-state index in [1.807, 2.05) is 89.0 Å². The molecule has 202 valence electrons. The Hall–Kier alpha value is -5.66. The monoisotopic (exact) mass is 570 g/mol. The Kier molecular flexibility index (Phi) is 5.27. The van der Waals surface area contributed by atoms with Crippen molar-refractivity contribution in [2.75, 3.05) is 0 Å². The molecule has 9 aromatic rings. The Morgan fingerprint density at radius 3 is 1.93 bits per heavy atom. The number of rotatable bonds is 4. The predicted octanol–water partition coefficient (Wildman–Crippen LogP) is 8.86. The molecule has 0 saturated heterocycles. The molecule has 6 nitrogen and oxygen atoms in total. The Bertz CT molecular complexity index is 2400. The largest absolute Gasteiger partial charge is 0.279 e. The van der Waals surface area contributed by atoms with Crippen LogP contribution in [-0.2, 0) is 0 Å². The van der Waals surface area contributed by atoms with Crippen molar-refractivity contribution in [3.63, 3.8) is 0 Å². The molecule has 43 heavy (non-hydrogen) atoms. The molecule has 0 unspecified atom stereocenters. The van der Waals surface area contributed by atoms with Crippen LogP contribution in [0.25, 0.3) is 76.7 Å². The summed E-state index contributed by atoms with van der Waals surface area (Å²) in [6, 6.07) is 41.7. The van der Waals surface area contributed by atoms with Crippen molar-refractivity contribution in [3.8, 4) is 34.7 Å². The van der Waals surface area contributed by atoms with Gasteiger partial charge >= 0.3 is 0 Å². The lowest BCUT2D eigenvalue weighted by Gasteiger charge is -2.12. The van der Waals surface area contributed by atoms with E-state index < -0.39 is 0 Å². The van der Waals surface area contributed by atoms with E-state index in [9.17, 15) is 0 Å². The van der Waals surface area contributed by atoms with Crippen molar-refractivity contribution in [2.24, 2.45) is 0 Å². The lowest BCUT2D eigenvalue weighted by atomic mass is 10.1. The zero-order valence-electron chi connectivity index (χ0n) is 22.8. The molecular weight excluding hydrogens is 549 g/mol. The van der Waals surface area contributed by atoms with E-state index in [1.165, 1.54) is 30.9 Å². The molecule has 0 N–H and O–H groups in total. The van der Waals surface area contributed by atoms with Gasteiger partial charge in [0.15, 0.2) is 11.6 Å². The molecular formula is C36H22N6S. The van der Waals surface area contributed by atoms with Gasteiger partial charge in [-0.05, 0) is 18.2 Å². The van der Waals surface area contributed by atoms with E-state index in [0.29, 0.717) is 17.6 Å². The second-order valence-electron chi connectivity index (χ2n) is 10.4. The number of imidazole rings is 1. The first-order chi connectivity index (χ1) is 21.3. The van der Waals surface area contributed by atoms with E-state index in [-0.39, 0.29) is 0 Å². The van der Waals surface area contributed by atoms with Gasteiger partial charge in [0.05, 0.1) is 11.0 Å². The summed E-state index contributed by atoms with van der Waals surface area (Å²) in [4.78, 5) is 19.7. The van der Waals surface area contributed by atoms with Crippen LogP contribution in [0.4, 0.5) is 0 Å². The van der Waals surface area contributed by atoms with Crippen molar-refractivity contribution in [3.05, 3.63) is 134 Å². The SMILES string of the molecule is c1ccc(-c2nc(-c3ccccc3)nc(-n3ccnc3-n3c4ccccc4c4c5sc6ccccc6c5ccc43)n2)cc1. The normalized spacial score (nSPS) is 11.7. The molecule has 0 aliphatic rings. The average Bonchev–Trinajstić information content (AvgIpc) is 3.79. The molecule has 0 amide bonds. The maximum atomic E-state index is 4.97. The number of hydrogen-bond acceptors (Lipinski definition) is 5. The van der Waals surface area contributed by atoms with E-state index in [0.717, 1.165) is 28.1 Å². The van der Waals surface area contributed by atoms with Crippen molar-refractivity contribution < 1.29 is 0 Å². The fraction of sp³-hybridized carbons (Fsp3) is 0. The van der Waals surface area contributed by atoms with Crippen molar-refractivity contribution in [1.82, 2.24) is 29.1 Å². The van der Waals surface area contributed by atoms with Crippen LogP contribution in [0.15, 0.2) is 134 Å². The second kappa shape index (κ2) is 9.44. The lowest BCUT2D eigenvalue weighted by molar-refractivity contribution is 0.859. The van der Waals surface area contributed by atoms with E-state index in [2.05, 4.69) is 65.2 Å². The maximum absolute atomic E-state index is 4.97. The van der Waals surface area contributed by atoms with Gasteiger partial charge in [-0.1, -0.05) is 103 Å². The van der Waals surface area contributed by atoms with Crippen molar-refractivity contribution in [2.45, 2.75) is 0 Å². The minimum absolute atomic E-state index is 0.508. The van der Waals surface area contributed by atoms with Crippen molar-refractivity contribution >= 4 is 53.3 Å². The minimum atomic E-state index is 0.508. The Morgan fingerprint density at radius 2 is 1.19 bits per heavy atom. The van der Waals surface area contributed by atoms with Gasteiger partial charge < -0.3 is 0 Å². The first kappa shape index (κ1) is 24.0. The quantitative estimate of drug-likeness (QED) is 0.212. The molecule has 0 atom stereocenters. The fourth-order valence-electron chi connectivity index (χ4n) is 5.97. The molecule has 0 aliphatic heterocycles. The van der Waals surface area contributed by atoms with Gasteiger partial charge in [-0.2, -0.15) is 9.97 Å². The second-order valence-corrected chi connectivity index (χ2v) is 11.5. The van der Waals surface area contributed by atoms with Gasteiger partial charge in [0.2, 0.25) is 11.9 Å². The zero-order chi connectivity index (χ0) is 28.3. The number of hydrogen-bond donors (Lipinski definition) is 0. The van der Waals surface area contributed by atoms with Crippen LogP contribution in [0, 0.1) is 0 Å². The highest BCUT2D eigenvalue weighted by molar-refractivity contribution is 7.26. The first-order valence-corrected chi connectivity index (χ1v) is 14.9. The highest BCUT2D eigenvalue weighted by Gasteiger charge is 2.21. The van der Waals surface area contributed by atoms with Gasteiger partial charge in [-0.25, -0.2) is 9.97 Å². The minimum Gasteiger partial charge on any atom is -0.279 e. The summed E-state index contributed by atoms with van der Waals surface area (Å²) in [7, 11) is 0. The lowest BCUT2D eigenvalue weighted by Crippen LogP contribution is -2.10. The third-order valence-electron chi connectivity index (χ3n) is 7.90. The fourth-order valence-corrected chi connectivity index (χ4v) is 7.23. The van der Waals surface area contributed by atoms with Crippen LogP contribution in [0.3, 0.4) is 0 Å². The molecule has 0 spiro atoms. The standard InChI is InChI=1S/C36H22N6S/c1-3-11-23(12-4-1)33-38-34(24-13-5-2-6-14-24)40-35(39-33)41-22-21-37-36(41)42-28-17-9-7-16-27(28)31-29(42)20-19-26-25-15-8-10-18-30(25)43-32(26)31/h1-22H. The topological polar surface area (TPSA) is 61.4 Å². The van der Waals surface area contributed by atoms with Crippen LogP contribution in [-0.4, -0.2) is 29.1 Å². The van der Waals surface area contributed by atoms with E-state index >= 15 is 0 Å². The number of benzene rings is 5. The first-order valence-electron chi connectivity index (χ1n) is 14.1. The summed E-state index contributed by atoms with van der Waals surface area (Å²) in [6.45, 7) is 0. The molecule has 0 saturated carbocycles. The van der Waals surface area contributed by atoms with Crippen LogP contribution in [0.5, 0.6) is 0 Å². The summed E-state index contributed by atoms with van der Waals surface area (Å²) in [5.74, 6) is 2.45. The zero-order valence-corrected chi connectivity index (χ0v) is 23.6. The third kappa shape index (κ3) is 3.72. The molecule has 4 heterocycles. The van der Waals surface area contributed by atoms with E-state index in [4.69, 9.17) is 19.9 Å². The number of thiophene rings is 1. The molecule has 7 heteroatoms. The highest BCUT2D eigenvalue weighted by atomic mass is 32.1. The predicted molar refractivity (Wildman–Crippen MR) is 175 cm³/mol. The van der Waals surface area contributed by atoms with Gasteiger partial charge in [0, 0.05) is 54.5 Å². The van der Waals surface area contributed by atoms with Crippen LogP contribution in [0.2, 0.25) is 0 Å². The summed E-state index contributed by atoms with van der Waals surface area (Å²) in [6.07, 6.45) is 3.73. The van der Waals surface area contributed by atoms with Crippen molar-refractivity contribution in [1.29, 1.82) is 0 Å². The average molecular weight is 571 g/mol. The third-order valence-corrected chi connectivity index (χ3v) is 9.11. The van der Waals surface area contributed by atoms with Gasteiger partial charge in [-0.3, -0.25) is 9.13 Å².